The summed E-state index contributed by atoms with van der Waals surface area (Å²) in [6.45, 7) is 10.4. The summed E-state index contributed by atoms with van der Waals surface area (Å²) < 4.78 is 0. The second-order valence-corrected chi connectivity index (χ2v) is 6.62. The molecule has 0 spiro atoms. The van der Waals surface area contributed by atoms with Gasteiger partial charge in [0.2, 0.25) is 0 Å². The monoisotopic (exact) mass is 272 g/mol. The highest BCUT2D eigenvalue weighted by atomic mass is 79.9. The molecule has 14 heavy (non-hydrogen) atoms. The van der Waals surface area contributed by atoms with Gasteiger partial charge in [-0.3, -0.25) is 0 Å². The van der Waals surface area contributed by atoms with Crippen LogP contribution in [0.2, 0.25) is 0 Å². The number of hydrogen-bond donors (Lipinski definition) is 0. The second-order valence-electron chi connectivity index (χ2n) is 3.38. The summed E-state index contributed by atoms with van der Waals surface area (Å²) in [5.41, 5.74) is 2.50. The van der Waals surface area contributed by atoms with E-state index in [2.05, 4.69) is 54.6 Å². The molecule has 0 saturated heterocycles. The maximum atomic E-state index is 3.72. The predicted octanol–water partition coefficient (Wildman–Crippen LogP) is 4.58. The molecule has 1 aromatic rings. The zero-order valence-electron chi connectivity index (χ0n) is 9.13. The van der Waals surface area contributed by atoms with Gasteiger partial charge < -0.3 is 0 Å². The van der Waals surface area contributed by atoms with Gasteiger partial charge in [-0.05, 0) is 31.1 Å². The molecule has 0 aliphatic carbocycles. The summed E-state index contributed by atoms with van der Waals surface area (Å²) in [5.74, 6) is 0. The van der Waals surface area contributed by atoms with Gasteiger partial charge in [-0.25, -0.2) is 0 Å². The maximum absolute atomic E-state index is 3.72. The van der Waals surface area contributed by atoms with Crippen molar-refractivity contribution in [3.8, 4) is 0 Å². The third kappa shape index (κ3) is 6.34. The lowest BCUT2D eigenvalue weighted by molar-refractivity contribution is 1.41. The van der Waals surface area contributed by atoms with Crippen LogP contribution in [0.5, 0.6) is 0 Å². The van der Waals surface area contributed by atoms with Gasteiger partial charge in [-0.1, -0.05) is 52.9 Å². The lowest BCUT2D eigenvalue weighted by atomic mass is 10.1. The minimum atomic E-state index is 0.380. The van der Waals surface area contributed by atoms with Crippen LogP contribution in [0.15, 0.2) is 30.8 Å². The Labute approximate surface area is 97.3 Å². The quantitative estimate of drug-likeness (QED) is 0.546. The topological polar surface area (TPSA) is 0 Å². The number of alkyl halides is 1. The Bertz CT molecular complexity index is 266. The van der Waals surface area contributed by atoms with E-state index in [1.54, 1.807) is 0 Å². The summed E-state index contributed by atoms with van der Waals surface area (Å²) in [6, 6.07) is 8.20. The number of hydrogen-bond acceptors (Lipinski definition) is 0. The van der Waals surface area contributed by atoms with Gasteiger partial charge in [0.05, 0.1) is 0 Å². The molecule has 2 heteroatoms. The van der Waals surface area contributed by atoms with E-state index in [4.69, 9.17) is 0 Å². The molecule has 0 aliphatic heterocycles. The van der Waals surface area contributed by atoms with Crippen molar-refractivity contribution in [2.75, 3.05) is 20.0 Å². The van der Waals surface area contributed by atoms with E-state index in [-0.39, 0.29) is 0 Å². The number of halogens is 1. The van der Waals surface area contributed by atoms with Gasteiger partial charge in [0, 0.05) is 5.33 Å². The van der Waals surface area contributed by atoms with Crippen LogP contribution in [0, 0.1) is 0 Å². The zero-order chi connectivity index (χ0) is 11.0. The van der Waals surface area contributed by atoms with Gasteiger partial charge in [0.1, 0.15) is 0 Å². The fraction of sp³-hybridized carbons (Fsp3) is 0.333. The van der Waals surface area contributed by atoms with E-state index in [1.807, 2.05) is 18.2 Å². The molecule has 0 fully saturated rings. The molecular weight excluding hydrogens is 255 g/mol. The second kappa shape index (κ2) is 8.20. The molecule has 0 unspecified atom stereocenters. The van der Waals surface area contributed by atoms with Crippen molar-refractivity contribution in [2.45, 2.75) is 5.33 Å². The van der Waals surface area contributed by atoms with Crippen LogP contribution in [0.25, 0.3) is 6.08 Å². The van der Waals surface area contributed by atoms with Crippen LogP contribution in [0.3, 0.4) is 0 Å². The Morgan fingerprint density at radius 3 is 2.14 bits per heavy atom. The first-order chi connectivity index (χ1) is 6.61. The minimum absolute atomic E-state index is 0.380. The smallest absolute Gasteiger partial charge is 0.0288 e. The highest BCUT2D eigenvalue weighted by molar-refractivity contribution is 9.08. The Morgan fingerprint density at radius 1 is 1.29 bits per heavy atom. The van der Waals surface area contributed by atoms with Crippen LogP contribution >= 0.6 is 23.9 Å². The Kier molecular flexibility index (Phi) is 8.12. The van der Waals surface area contributed by atoms with E-state index in [9.17, 15) is 0 Å². The molecule has 0 saturated carbocycles. The van der Waals surface area contributed by atoms with E-state index < -0.39 is 0 Å². The molecule has 0 aromatic heterocycles. The van der Waals surface area contributed by atoms with Gasteiger partial charge in [0.25, 0.3) is 0 Å². The zero-order valence-corrected chi connectivity index (χ0v) is 11.6. The van der Waals surface area contributed by atoms with Crippen LogP contribution in [0.4, 0.5) is 0 Å². The summed E-state index contributed by atoms with van der Waals surface area (Å²) in [4.78, 5) is 0. The molecule has 1 rings (SSSR count). The molecule has 78 valence electrons. The van der Waals surface area contributed by atoms with Crippen LogP contribution < -0.4 is 0 Å². The summed E-state index contributed by atoms with van der Waals surface area (Å²) >= 11 is 3.40. The Hall–Kier alpha value is -0.130. The van der Waals surface area contributed by atoms with Crippen molar-refractivity contribution in [1.82, 2.24) is 0 Å². The summed E-state index contributed by atoms with van der Waals surface area (Å²) in [7, 11) is 0.380. The summed E-state index contributed by atoms with van der Waals surface area (Å²) in [6.07, 6.45) is 1.87. The van der Waals surface area contributed by atoms with Crippen molar-refractivity contribution < 1.29 is 0 Å². The van der Waals surface area contributed by atoms with Crippen molar-refractivity contribution in [2.24, 2.45) is 0 Å². The largest absolute Gasteiger partial charge is 0.116 e. The van der Waals surface area contributed by atoms with Crippen molar-refractivity contribution in [3.05, 3.63) is 42.0 Å². The van der Waals surface area contributed by atoms with E-state index in [1.165, 1.54) is 11.1 Å². The van der Waals surface area contributed by atoms with E-state index in [0.717, 1.165) is 5.33 Å². The third-order valence-electron chi connectivity index (χ3n) is 1.42. The summed E-state index contributed by atoms with van der Waals surface area (Å²) in [5, 5.41) is 0.898. The molecule has 0 amide bonds. The van der Waals surface area contributed by atoms with Crippen molar-refractivity contribution in [1.29, 1.82) is 0 Å². The van der Waals surface area contributed by atoms with Gasteiger partial charge in [-0.2, -0.15) is 0 Å². The van der Waals surface area contributed by atoms with Gasteiger partial charge >= 0.3 is 0 Å². The first-order valence-electron chi connectivity index (χ1n) is 4.49. The normalized spacial score (nSPS) is 9.21. The lowest BCUT2D eigenvalue weighted by Crippen LogP contribution is -1.80. The maximum Gasteiger partial charge on any atom is 0.0288 e. The SMILES string of the molecule is C=Cc1ccccc1CBr.CP(C)C. The van der Waals surface area contributed by atoms with Crippen LogP contribution in [-0.4, -0.2) is 20.0 Å². The standard InChI is InChI=1S/C9H9Br.C3H9P/c1-2-8-5-3-4-6-9(8)7-10;1-4(2)3/h2-6H,1,7H2;1-3H3. The highest BCUT2D eigenvalue weighted by Crippen LogP contribution is 2.14. The molecular formula is C12H18BrP. The molecule has 0 N–H and O–H groups in total. The van der Waals surface area contributed by atoms with Crippen LogP contribution in [-0.2, 0) is 5.33 Å². The van der Waals surface area contributed by atoms with Gasteiger partial charge in [0.15, 0.2) is 0 Å². The minimum Gasteiger partial charge on any atom is -0.116 e. The number of rotatable bonds is 2. The number of benzene rings is 1. The molecule has 0 nitrogen and oxygen atoms in total. The van der Waals surface area contributed by atoms with E-state index >= 15 is 0 Å². The molecule has 0 aliphatic rings. The first-order valence-corrected chi connectivity index (χ1v) is 8.29. The fourth-order valence-electron chi connectivity index (χ4n) is 0.855. The molecule has 1 aromatic carbocycles. The average Bonchev–Trinajstić information content (AvgIpc) is 2.17. The Morgan fingerprint density at radius 2 is 1.79 bits per heavy atom. The van der Waals surface area contributed by atoms with Crippen molar-refractivity contribution in [3.63, 3.8) is 0 Å². The molecule has 0 atom stereocenters. The highest BCUT2D eigenvalue weighted by Gasteiger charge is 1.92. The van der Waals surface area contributed by atoms with Crippen molar-refractivity contribution >= 4 is 29.9 Å². The Balaban J connectivity index is 0.000000364. The average molecular weight is 273 g/mol. The molecule has 0 heterocycles. The first kappa shape index (κ1) is 13.9. The molecule has 0 radical (unpaired) electrons. The lowest BCUT2D eigenvalue weighted by Gasteiger charge is -1.98. The van der Waals surface area contributed by atoms with E-state index in [0.29, 0.717) is 7.92 Å². The third-order valence-corrected chi connectivity index (χ3v) is 2.02. The molecule has 0 bridgehead atoms. The van der Waals surface area contributed by atoms with Gasteiger partial charge in [-0.15, -0.1) is 7.92 Å². The fourth-order valence-corrected chi connectivity index (χ4v) is 1.37. The predicted molar refractivity (Wildman–Crippen MR) is 73.9 cm³/mol. The van der Waals surface area contributed by atoms with Crippen LogP contribution in [0.1, 0.15) is 11.1 Å².